The van der Waals surface area contributed by atoms with Gasteiger partial charge >= 0.3 is 5.97 Å². The lowest BCUT2D eigenvalue weighted by Gasteiger charge is -2.31. The van der Waals surface area contributed by atoms with Crippen molar-refractivity contribution in [1.29, 1.82) is 0 Å². The van der Waals surface area contributed by atoms with E-state index in [1.807, 2.05) is 0 Å². The first-order valence-corrected chi connectivity index (χ1v) is 6.63. The van der Waals surface area contributed by atoms with Gasteiger partial charge in [-0.3, -0.25) is 4.79 Å². The lowest BCUT2D eigenvalue weighted by atomic mass is 9.74. The third-order valence-electron chi connectivity index (χ3n) is 3.72. The highest BCUT2D eigenvalue weighted by molar-refractivity contribution is 5.74. The Bertz CT molecular complexity index is 219. The van der Waals surface area contributed by atoms with Gasteiger partial charge < -0.3 is 14.9 Å². The van der Waals surface area contributed by atoms with Crippen molar-refractivity contribution in [2.45, 2.75) is 51.4 Å². The van der Waals surface area contributed by atoms with Crippen LogP contribution in [0.1, 0.15) is 51.4 Å². The van der Waals surface area contributed by atoms with Crippen LogP contribution >= 0.6 is 0 Å². The van der Waals surface area contributed by atoms with Gasteiger partial charge in [0.15, 0.2) is 0 Å². The van der Waals surface area contributed by atoms with Crippen LogP contribution in [0.15, 0.2) is 0 Å². The van der Waals surface area contributed by atoms with Gasteiger partial charge in [-0.1, -0.05) is 32.1 Å². The molecule has 0 aromatic carbocycles. The summed E-state index contributed by atoms with van der Waals surface area (Å²) < 4.78 is 5.22. The molecule has 100 valence electrons. The summed E-state index contributed by atoms with van der Waals surface area (Å²) in [6, 6.07) is 0. The van der Waals surface area contributed by atoms with E-state index in [0.717, 1.165) is 38.5 Å². The molecule has 1 fully saturated rings. The summed E-state index contributed by atoms with van der Waals surface area (Å²) in [5.41, 5.74) is -0.587. The number of aliphatic hydroxyl groups is 1. The van der Waals surface area contributed by atoms with E-state index >= 15 is 0 Å². The predicted molar refractivity (Wildman–Crippen MR) is 64.9 cm³/mol. The molecule has 2 N–H and O–H groups in total. The maximum absolute atomic E-state index is 11.5. The topological polar surface area (TPSA) is 66.8 Å². The van der Waals surface area contributed by atoms with Crippen LogP contribution in [-0.4, -0.2) is 36.0 Å². The Kier molecular flexibility index (Phi) is 6.52. The Balaban J connectivity index is 2.49. The van der Waals surface area contributed by atoms with E-state index in [1.54, 1.807) is 0 Å². The minimum absolute atomic E-state index is 0.0000709. The monoisotopic (exact) mass is 244 g/mol. The molecule has 17 heavy (non-hydrogen) atoms. The van der Waals surface area contributed by atoms with Crippen LogP contribution in [0.5, 0.6) is 0 Å². The number of carbonyl (C=O) groups is 1. The van der Waals surface area contributed by atoms with Crippen molar-refractivity contribution >= 4 is 5.97 Å². The van der Waals surface area contributed by atoms with Crippen LogP contribution in [0.4, 0.5) is 0 Å². The van der Waals surface area contributed by atoms with Crippen molar-refractivity contribution in [2.75, 3.05) is 19.8 Å². The summed E-state index contributed by atoms with van der Waals surface area (Å²) in [6.45, 7) is 0.739. The largest absolute Gasteiger partial charge is 0.481 e. The molecule has 0 saturated heterocycles. The average Bonchev–Trinajstić information content (AvgIpc) is 2.26. The molecule has 0 aromatic heterocycles. The number of carboxylic acids is 1. The fraction of sp³-hybridized carbons (Fsp3) is 0.923. The maximum atomic E-state index is 11.5. The van der Waals surface area contributed by atoms with Crippen LogP contribution < -0.4 is 0 Å². The van der Waals surface area contributed by atoms with E-state index in [4.69, 9.17) is 9.84 Å². The summed E-state index contributed by atoms with van der Waals surface area (Å²) in [7, 11) is 0. The number of aliphatic hydroxyl groups excluding tert-OH is 1. The van der Waals surface area contributed by atoms with E-state index in [0.29, 0.717) is 19.6 Å². The molecule has 0 bridgehead atoms. The predicted octanol–water partition coefficient (Wildman–Crippen LogP) is 2.20. The van der Waals surface area contributed by atoms with Crippen LogP contribution in [0.2, 0.25) is 0 Å². The molecular weight excluding hydrogens is 220 g/mol. The third-order valence-corrected chi connectivity index (χ3v) is 3.72. The molecule has 0 amide bonds. The van der Waals surface area contributed by atoms with E-state index in [9.17, 15) is 9.90 Å². The molecule has 1 aliphatic rings. The normalized spacial score (nSPS) is 20.5. The van der Waals surface area contributed by atoms with Crippen LogP contribution in [0.3, 0.4) is 0 Å². The number of ether oxygens (including phenoxy) is 1. The average molecular weight is 244 g/mol. The molecule has 0 spiro atoms. The van der Waals surface area contributed by atoms with Gasteiger partial charge in [-0.25, -0.2) is 0 Å². The molecule has 4 heteroatoms. The SMILES string of the molecule is O=C(O)C1(CCOCCO)CCCCCCC1. The molecular formula is C13H24O4. The van der Waals surface area contributed by atoms with Crippen molar-refractivity contribution in [3.63, 3.8) is 0 Å². The van der Waals surface area contributed by atoms with E-state index in [-0.39, 0.29) is 6.61 Å². The minimum Gasteiger partial charge on any atom is -0.481 e. The van der Waals surface area contributed by atoms with E-state index in [1.165, 1.54) is 6.42 Å². The lowest BCUT2D eigenvalue weighted by molar-refractivity contribution is -0.151. The highest BCUT2D eigenvalue weighted by atomic mass is 16.5. The van der Waals surface area contributed by atoms with Gasteiger partial charge in [0.1, 0.15) is 0 Å². The molecule has 1 rings (SSSR count). The molecule has 1 saturated carbocycles. The van der Waals surface area contributed by atoms with Crippen LogP contribution in [0.25, 0.3) is 0 Å². The molecule has 1 aliphatic carbocycles. The van der Waals surface area contributed by atoms with Crippen LogP contribution in [-0.2, 0) is 9.53 Å². The van der Waals surface area contributed by atoms with Gasteiger partial charge in [0.2, 0.25) is 0 Å². The van der Waals surface area contributed by atoms with Crippen molar-refractivity contribution in [2.24, 2.45) is 5.41 Å². The third kappa shape index (κ3) is 4.64. The second-order valence-corrected chi connectivity index (χ2v) is 4.94. The first kappa shape index (κ1) is 14.5. The van der Waals surface area contributed by atoms with Crippen molar-refractivity contribution in [3.8, 4) is 0 Å². The number of aliphatic carboxylic acids is 1. The molecule has 0 atom stereocenters. The van der Waals surface area contributed by atoms with Gasteiger partial charge in [0.05, 0.1) is 18.6 Å². The number of carboxylic acid groups (broad SMARTS) is 1. The number of hydrogen-bond donors (Lipinski definition) is 2. The zero-order valence-corrected chi connectivity index (χ0v) is 10.5. The van der Waals surface area contributed by atoms with Gasteiger partial charge in [0, 0.05) is 6.61 Å². The maximum Gasteiger partial charge on any atom is 0.309 e. The van der Waals surface area contributed by atoms with Gasteiger partial charge in [-0.2, -0.15) is 0 Å². The zero-order valence-electron chi connectivity index (χ0n) is 10.5. The van der Waals surface area contributed by atoms with Gasteiger partial charge in [-0.05, 0) is 19.3 Å². The summed E-state index contributed by atoms with van der Waals surface area (Å²) in [6.07, 6.45) is 7.65. The molecule has 4 nitrogen and oxygen atoms in total. The van der Waals surface area contributed by atoms with Gasteiger partial charge in [-0.15, -0.1) is 0 Å². The molecule has 0 heterocycles. The van der Waals surface area contributed by atoms with E-state index < -0.39 is 11.4 Å². The highest BCUT2D eigenvalue weighted by Gasteiger charge is 2.37. The Morgan fingerprint density at radius 2 is 1.65 bits per heavy atom. The fourth-order valence-electron chi connectivity index (χ4n) is 2.59. The zero-order chi connectivity index (χ0) is 12.6. The summed E-state index contributed by atoms with van der Waals surface area (Å²) in [4.78, 5) is 11.5. The smallest absolute Gasteiger partial charge is 0.309 e. The summed E-state index contributed by atoms with van der Waals surface area (Å²) >= 11 is 0. The molecule has 0 radical (unpaired) electrons. The number of rotatable bonds is 6. The molecule has 0 unspecified atom stereocenters. The quantitative estimate of drug-likeness (QED) is 0.703. The Hall–Kier alpha value is -0.610. The Morgan fingerprint density at radius 3 is 2.18 bits per heavy atom. The summed E-state index contributed by atoms with van der Waals surface area (Å²) in [5, 5.41) is 18.1. The first-order valence-electron chi connectivity index (χ1n) is 6.63. The van der Waals surface area contributed by atoms with Crippen molar-refractivity contribution in [1.82, 2.24) is 0 Å². The van der Waals surface area contributed by atoms with Crippen LogP contribution in [0, 0.1) is 5.41 Å². The molecule has 0 aromatic rings. The lowest BCUT2D eigenvalue weighted by Crippen LogP contribution is -2.33. The first-order chi connectivity index (χ1) is 8.21. The highest BCUT2D eigenvalue weighted by Crippen LogP contribution is 2.37. The Morgan fingerprint density at radius 1 is 1.06 bits per heavy atom. The Labute approximate surface area is 103 Å². The van der Waals surface area contributed by atoms with Crippen molar-refractivity contribution < 1.29 is 19.7 Å². The minimum atomic E-state index is -0.674. The fourth-order valence-corrected chi connectivity index (χ4v) is 2.59. The van der Waals surface area contributed by atoms with E-state index in [2.05, 4.69) is 0 Å². The second-order valence-electron chi connectivity index (χ2n) is 4.94. The summed E-state index contributed by atoms with van der Waals surface area (Å²) in [5.74, 6) is -0.674. The van der Waals surface area contributed by atoms with Gasteiger partial charge in [0.25, 0.3) is 0 Å². The van der Waals surface area contributed by atoms with Crippen molar-refractivity contribution in [3.05, 3.63) is 0 Å². The molecule has 0 aliphatic heterocycles. The second kappa shape index (κ2) is 7.67. The standard InChI is InChI=1S/C13H24O4/c14-9-11-17-10-8-13(12(15)16)6-4-2-1-3-5-7-13/h14H,1-11H2,(H,15,16). The number of hydrogen-bond acceptors (Lipinski definition) is 3.